The van der Waals surface area contributed by atoms with Gasteiger partial charge in [0.05, 0.1) is 11.3 Å². The van der Waals surface area contributed by atoms with Crippen LogP contribution in [0.3, 0.4) is 0 Å². The van der Waals surface area contributed by atoms with Crippen molar-refractivity contribution in [2.45, 2.75) is 19.4 Å². The van der Waals surface area contributed by atoms with E-state index in [1.807, 2.05) is 30.1 Å². The molecule has 0 aliphatic heterocycles. The van der Waals surface area contributed by atoms with Gasteiger partial charge in [0, 0.05) is 22.8 Å². The van der Waals surface area contributed by atoms with Crippen LogP contribution in [0.2, 0.25) is 0 Å². The van der Waals surface area contributed by atoms with E-state index in [0.717, 1.165) is 14.9 Å². The molecule has 0 atom stereocenters. The average Bonchev–Trinajstić information content (AvgIpc) is 1.99. The van der Waals surface area contributed by atoms with Gasteiger partial charge in [0.15, 0.2) is 0 Å². The van der Waals surface area contributed by atoms with E-state index in [1.54, 1.807) is 13.8 Å². The zero-order chi connectivity index (χ0) is 11.6. The lowest BCUT2D eigenvalue weighted by Crippen LogP contribution is -2.36. The highest BCUT2D eigenvalue weighted by atomic mass is 127. The summed E-state index contributed by atoms with van der Waals surface area (Å²) in [7, 11) is 1.96. The Labute approximate surface area is 104 Å². The van der Waals surface area contributed by atoms with Crippen molar-refractivity contribution in [3.05, 3.63) is 21.8 Å². The first-order valence-corrected chi connectivity index (χ1v) is 5.86. The summed E-state index contributed by atoms with van der Waals surface area (Å²) in [5.74, 6) is 0. The van der Waals surface area contributed by atoms with E-state index in [1.165, 1.54) is 0 Å². The van der Waals surface area contributed by atoms with Crippen LogP contribution >= 0.6 is 22.6 Å². The first-order valence-electron chi connectivity index (χ1n) is 4.78. The van der Waals surface area contributed by atoms with Gasteiger partial charge in [0.1, 0.15) is 0 Å². The molecular weight excluding hydrogens is 303 g/mol. The zero-order valence-electron chi connectivity index (χ0n) is 9.29. The molecule has 84 valence electrons. The highest BCUT2D eigenvalue weighted by Crippen LogP contribution is 2.24. The van der Waals surface area contributed by atoms with Crippen LogP contribution in [-0.4, -0.2) is 24.3 Å². The van der Waals surface area contributed by atoms with Crippen LogP contribution in [0.5, 0.6) is 0 Å². The van der Waals surface area contributed by atoms with Crippen molar-refractivity contribution in [2.24, 2.45) is 0 Å². The summed E-state index contributed by atoms with van der Waals surface area (Å²) >= 11 is 2.25. The molecule has 0 amide bonds. The summed E-state index contributed by atoms with van der Waals surface area (Å²) in [6, 6.07) is 5.78. The van der Waals surface area contributed by atoms with Crippen LogP contribution in [0.1, 0.15) is 13.8 Å². The van der Waals surface area contributed by atoms with E-state index in [-0.39, 0.29) is 0 Å². The van der Waals surface area contributed by atoms with Crippen molar-refractivity contribution in [3.8, 4) is 0 Å². The Morgan fingerprint density at radius 2 is 2.07 bits per heavy atom. The smallest absolute Gasteiger partial charge is 0.0765 e. The molecule has 0 aliphatic carbocycles. The highest BCUT2D eigenvalue weighted by Gasteiger charge is 2.17. The fraction of sp³-hybridized carbons (Fsp3) is 0.455. The predicted octanol–water partition coefficient (Wildman–Crippen LogP) is 2.08. The maximum absolute atomic E-state index is 9.73. The molecule has 0 spiro atoms. The van der Waals surface area contributed by atoms with Crippen molar-refractivity contribution in [1.29, 1.82) is 0 Å². The third kappa shape index (κ3) is 3.87. The molecule has 15 heavy (non-hydrogen) atoms. The Balaban J connectivity index is 2.87. The molecule has 0 radical (unpaired) electrons. The first-order chi connectivity index (χ1) is 6.79. The summed E-state index contributed by atoms with van der Waals surface area (Å²) in [6.45, 7) is 4.19. The number of aliphatic hydroxyl groups is 1. The summed E-state index contributed by atoms with van der Waals surface area (Å²) in [5, 5.41) is 9.73. The van der Waals surface area contributed by atoms with Crippen LogP contribution in [0.15, 0.2) is 18.2 Å². The molecule has 4 heteroatoms. The molecule has 3 nitrogen and oxygen atoms in total. The lowest BCUT2D eigenvalue weighted by molar-refractivity contribution is 0.0886. The molecule has 0 bridgehead atoms. The number of nitrogens with two attached hydrogens (primary N) is 1. The lowest BCUT2D eigenvalue weighted by Gasteiger charge is -2.28. The number of halogens is 1. The third-order valence-electron chi connectivity index (χ3n) is 2.01. The Hall–Kier alpha value is -0.490. The van der Waals surface area contributed by atoms with Crippen molar-refractivity contribution < 1.29 is 5.11 Å². The fourth-order valence-corrected chi connectivity index (χ4v) is 2.45. The van der Waals surface area contributed by atoms with Crippen LogP contribution in [0.4, 0.5) is 11.4 Å². The maximum atomic E-state index is 9.73. The molecule has 0 aliphatic rings. The number of likely N-dealkylation sites (N-methyl/N-ethyl adjacent to an activating group) is 1. The number of rotatable bonds is 3. The molecule has 1 aromatic carbocycles. The van der Waals surface area contributed by atoms with E-state index in [2.05, 4.69) is 22.6 Å². The molecule has 0 unspecified atom stereocenters. The summed E-state index contributed by atoms with van der Waals surface area (Å²) in [4.78, 5) is 2.03. The van der Waals surface area contributed by atoms with Gasteiger partial charge in [0.25, 0.3) is 0 Å². The van der Waals surface area contributed by atoms with Gasteiger partial charge in [-0.3, -0.25) is 0 Å². The van der Waals surface area contributed by atoms with Crippen molar-refractivity contribution in [2.75, 3.05) is 24.2 Å². The van der Waals surface area contributed by atoms with Crippen molar-refractivity contribution >= 4 is 34.0 Å². The minimum Gasteiger partial charge on any atom is -0.399 e. The summed E-state index contributed by atoms with van der Waals surface area (Å²) < 4.78 is 1.10. The summed E-state index contributed by atoms with van der Waals surface area (Å²) in [5.41, 5.74) is 6.84. The summed E-state index contributed by atoms with van der Waals surface area (Å²) in [6.07, 6.45) is 0. The molecular formula is C11H17IN2O. The van der Waals surface area contributed by atoms with Crippen molar-refractivity contribution in [3.63, 3.8) is 0 Å². The third-order valence-corrected chi connectivity index (χ3v) is 2.87. The SMILES string of the molecule is CN(CC(C)(C)O)c1ccc(N)cc1I. The molecule has 3 N–H and O–H groups in total. The molecule has 0 heterocycles. The van der Waals surface area contributed by atoms with Gasteiger partial charge in [-0.15, -0.1) is 0 Å². The van der Waals surface area contributed by atoms with Crippen LogP contribution < -0.4 is 10.6 Å². The monoisotopic (exact) mass is 320 g/mol. The Morgan fingerprint density at radius 3 is 2.53 bits per heavy atom. The van der Waals surface area contributed by atoms with E-state index in [0.29, 0.717) is 6.54 Å². The van der Waals surface area contributed by atoms with Crippen LogP contribution in [0.25, 0.3) is 0 Å². The van der Waals surface area contributed by atoms with Gasteiger partial charge in [-0.25, -0.2) is 0 Å². The molecule has 0 saturated heterocycles. The van der Waals surface area contributed by atoms with E-state index < -0.39 is 5.60 Å². The molecule has 0 saturated carbocycles. The van der Waals surface area contributed by atoms with Gasteiger partial charge in [-0.2, -0.15) is 0 Å². The van der Waals surface area contributed by atoms with E-state index >= 15 is 0 Å². The zero-order valence-corrected chi connectivity index (χ0v) is 11.4. The lowest BCUT2D eigenvalue weighted by atomic mass is 10.1. The predicted molar refractivity (Wildman–Crippen MR) is 73.1 cm³/mol. The second-order valence-corrected chi connectivity index (χ2v) is 5.54. The molecule has 1 aromatic rings. The fourth-order valence-electron chi connectivity index (χ4n) is 1.50. The van der Waals surface area contributed by atoms with Gasteiger partial charge < -0.3 is 15.7 Å². The number of benzene rings is 1. The van der Waals surface area contributed by atoms with Gasteiger partial charge >= 0.3 is 0 Å². The number of hydrogen-bond acceptors (Lipinski definition) is 3. The van der Waals surface area contributed by atoms with Crippen molar-refractivity contribution in [1.82, 2.24) is 0 Å². The number of nitrogen functional groups attached to an aromatic ring is 1. The molecule has 1 rings (SSSR count). The Morgan fingerprint density at radius 1 is 1.47 bits per heavy atom. The minimum absolute atomic E-state index is 0.590. The van der Waals surface area contributed by atoms with Crippen LogP contribution in [-0.2, 0) is 0 Å². The second-order valence-electron chi connectivity index (χ2n) is 4.38. The number of hydrogen-bond donors (Lipinski definition) is 2. The van der Waals surface area contributed by atoms with Gasteiger partial charge in [0.2, 0.25) is 0 Å². The number of nitrogens with zero attached hydrogens (tertiary/aromatic N) is 1. The van der Waals surface area contributed by atoms with E-state index in [4.69, 9.17) is 5.73 Å². The van der Waals surface area contributed by atoms with Gasteiger partial charge in [-0.05, 0) is 54.6 Å². The maximum Gasteiger partial charge on any atom is 0.0765 e. The largest absolute Gasteiger partial charge is 0.399 e. The normalized spacial score (nSPS) is 11.5. The van der Waals surface area contributed by atoms with Crippen LogP contribution in [0, 0.1) is 3.57 Å². The van der Waals surface area contributed by atoms with Gasteiger partial charge in [-0.1, -0.05) is 0 Å². The average molecular weight is 320 g/mol. The standard InChI is InChI=1S/C11H17IN2O/c1-11(2,15)7-14(3)10-5-4-8(13)6-9(10)12/h4-6,15H,7,13H2,1-3H3. The highest BCUT2D eigenvalue weighted by molar-refractivity contribution is 14.1. The Kier molecular flexibility index (Phi) is 3.83. The topological polar surface area (TPSA) is 49.5 Å². The van der Waals surface area contributed by atoms with E-state index in [9.17, 15) is 5.11 Å². The molecule has 0 aromatic heterocycles. The Bertz CT molecular complexity index is 347. The molecule has 0 fully saturated rings. The minimum atomic E-state index is -0.695. The number of anilines is 2. The first kappa shape index (κ1) is 12.6. The second kappa shape index (κ2) is 4.57. The quantitative estimate of drug-likeness (QED) is 0.662.